The molecular weight excluding hydrogens is 548 g/mol. The van der Waals surface area contributed by atoms with Gasteiger partial charge in [0.2, 0.25) is 11.8 Å². The van der Waals surface area contributed by atoms with Gasteiger partial charge in [0.25, 0.3) is 10.0 Å². The molecule has 0 saturated carbocycles. The molecule has 0 saturated heterocycles. The van der Waals surface area contributed by atoms with Crippen molar-refractivity contribution in [3.05, 3.63) is 95.0 Å². The second kappa shape index (κ2) is 13.0. The summed E-state index contributed by atoms with van der Waals surface area (Å²) in [5.41, 5.74) is 0.507. The van der Waals surface area contributed by atoms with E-state index in [4.69, 9.17) is 11.6 Å². The molecule has 3 rings (SSSR count). The summed E-state index contributed by atoms with van der Waals surface area (Å²) in [6.07, 6.45) is 0. The lowest BCUT2D eigenvalue weighted by molar-refractivity contribution is -0.139. The SMILES string of the molecule is CC(C)CNC(=O)[C@@H](C)N(Cc1ccc(F)cc1)C(=O)CN(c1ccc(F)c(Cl)c1)S(=O)(=O)c1ccccc1. The van der Waals surface area contributed by atoms with Gasteiger partial charge < -0.3 is 10.2 Å². The average molecular weight is 578 g/mol. The molecule has 0 aromatic heterocycles. The molecule has 2 amide bonds. The molecule has 0 spiro atoms. The fourth-order valence-corrected chi connectivity index (χ4v) is 5.31. The molecule has 0 aliphatic carbocycles. The smallest absolute Gasteiger partial charge is 0.264 e. The summed E-state index contributed by atoms with van der Waals surface area (Å²) in [7, 11) is -4.30. The monoisotopic (exact) mass is 577 g/mol. The maximum atomic E-state index is 13.9. The quantitative estimate of drug-likeness (QED) is 0.347. The number of amides is 2. The molecule has 0 fully saturated rings. The summed E-state index contributed by atoms with van der Waals surface area (Å²) in [5, 5.41) is 2.46. The van der Waals surface area contributed by atoms with E-state index in [1.807, 2.05) is 13.8 Å². The lowest BCUT2D eigenvalue weighted by Gasteiger charge is -2.32. The van der Waals surface area contributed by atoms with E-state index in [1.165, 1.54) is 66.4 Å². The van der Waals surface area contributed by atoms with Gasteiger partial charge in [-0.25, -0.2) is 17.2 Å². The minimum atomic E-state index is -4.30. The van der Waals surface area contributed by atoms with Crippen molar-refractivity contribution < 1.29 is 26.8 Å². The van der Waals surface area contributed by atoms with Crippen molar-refractivity contribution in [2.45, 2.75) is 38.3 Å². The van der Waals surface area contributed by atoms with Gasteiger partial charge in [-0.15, -0.1) is 0 Å². The van der Waals surface area contributed by atoms with Crippen LogP contribution in [0.2, 0.25) is 5.02 Å². The summed E-state index contributed by atoms with van der Waals surface area (Å²) >= 11 is 5.95. The number of nitrogens with zero attached hydrogens (tertiary/aromatic N) is 2. The molecule has 39 heavy (non-hydrogen) atoms. The molecule has 208 valence electrons. The van der Waals surface area contributed by atoms with E-state index in [1.54, 1.807) is 6.07 Å². The Balaban J connectivity index is 2.02. The molecule has 0 aliphatic rings. The molecule has 0 radical (unpaired) electrons. The van der Waals surface area contributed by atoms with Crippen molar-refractivity contribution in [2.75, 3.05) is 17.4 Å². The van der Waals surface area contributed by atoms with Crippen molar-refractivity contribution in [1.29, 1.82) is 0 Å². The fourth-order valence-electron chi connectivity index (χ4n) is 3.71. The zero-order valence-corrected chi connectivity index (χ0v) is 23.3. The summed E-state index contributed by atoms with van der Waals surface area (Å²) in [4.78, 5) is 27.8. The summed E-state index contributed by atoms with van der Waals surface area (Å²) in [6, 6.07) is 15.2. The first-order valence-electron chi connectivity index (χ1n) is 12.2. The number of rotatable bonds is 11. The maximum absolute atomic E-state index is 13.9. The molecule has 0 bridgehead atoms. The average Bonchev–Trinajstić information content (AvgIpc) is 2.91. The van der Waals surface area contributed by atoms with Crippen molar-refractivity contribution in [3.8, 4) is 0 Å². The van der Waals surface area contributed by atoms with Crippen LogP contribution in [0.4, 0.5) is 14.5 Å². The fraction of sp³-hybridized carbons (Fsp3) is 0.286. The zero-order valence-electron chi connectivity index (χ0n) is 21.8. The van der Waals surface area contributed by atoms with Crippen LogP contribution in [0.1, 0.15) is 26.3 Å². The summed E-state index contributed by atoms with van der Waals surface area (Å²) in [5.74, 6) is -2.19. The standard InChI is InChI=1S/C28H30ClF2N3O4S/c1-19(2)16-32-28(36)20(3)33(17-21-9-11-22(30)12-10-21)27(35)18-34(23-13-14-26(31)25(29)15-23)39(37,38)24-7-5-4-6-8-24/h4-15,19-20H,16-18H2,1-3H3,(H,32,36)/t20-/m1/s1. The molecule has 1 N–H and O–H groups in total. The Kier molecular flexibility index (Phi) is 10.0. The number of halogens is 3. The number of sulfonamides is 1. The van der Waals surface area contributed by atoms with Crippen molar-refractivity contribution >= 4 is 39.1 Å². The molecule has 1 atom stereocenters. The number of anilines is 1. The topological polar surface area (TPSA) is 86.8 Å². The van der Waals surface area contributed by atoms with Crippen LogP contribution < -0.4 is 9.62 Å². The number of hydrogen-bond acceptors (Lipinski definition) is 4. The Morgan fingerprint density at radius 1 is 0.949 bits per heavy atom. The van der Waals surface area contributed by atoms with E-state index in [9.17, 15) is 26.8 Å². The van der Waals surface area contributed by atoms with Crippen LogP contribution in [-0.2, 0) is 26.2 Å². The highest BCUT2D eigenvalue weighted by atomic mass is 35.5. The number of nitrogens with one attached hydrogen (secondary N) is 1. The molecule has 11 heteroatoms. The van der Waals surface area contributed by atoms with Gasteiger partial charge >= 0.3 is 0 Å². The minimum Gasteiger partial charge on any atom is -0.354 e. The van der Waals surface area contributed by atoms with Gasteiger partial charge in [-0.2, -0.15) is 0 Å². The third kappa shape index (κ3) is 7.77. The molecule has 0 heterocycles. The van der Waals surface area contributed by atoms with Crippen LogP contribution >= 0.6 is 11.6 Å². The van der Waals surface area contributed by atoms with Gasteiger partial charge in [0.05, 0.1) is 15.6 Å². The van der Waals surface area contributed by atoms with Gasteiger partial charge in [-0.1, -0.05) is 55.8 Å². The van der Waals surface area contributed by atoms with E-state index in [0.717, 1.165) is 16.4 Å². The first-order valence-corrected chi connectivity index (χ1v) is 14.1. The van der Waals surface area contributed by atoms with Gasteiger partial charge in [-0.05, 0) is 60.9 Å². The minimum absolute atomic E-state index is 0.0303. The van der Waals surface area contributed by atoms with E-state index in [0.29, 0.717) is 12.1 Å². The van der Waals surface area contributed by atoms with E-state index in [2.05, 4.69) is 5.32 Å². The molecular formula is C28H30ClF2N3O4S. The molecule has 7 nitrogen and oxygen atoms in total. The Morgan fingerprint density at radius 3 is 2.18 bits per heavy atom. The molecule has 3 aromatic carbocycles. The van der Waals surface area contributed by atoms with Gasteiger partial charge in [-0.3, -0.25) is 13.9 Å². The number of hydrogen-bond donors (Lipinski definition) is 1. The lowest BCUT2D eigenvalue weighted by atomic mass is 10.1. The Morgan fingerprint density at radius 2 is 1.59 bits per heavy atom. The van der Waals surface area contributed by atoms with Crippen LogP contribution in [0, 0.1) is 17.6 Å². The third-order valence-corrected chi connectivity index (χ3v) is 8.00. The summed E-state index contributed by atoms with van der Waals surface area (Å²) in [6.45, 7) is 4.96. The second-order valence-electron chi connectivity index (χ2n) is 9.39. The first-order chi connectivity index (χ1) is 18.4. The lowest BCUT2D eigenvalue weighted by Crippen LogP contribution is -2.51. The summed E-state index contributed by atoms with van der Waals surface area (Å²) < 4.78 is 55.6. The predicted molar refractivity (Wildman–Crippen MR) is 147 cm³/mol. The van der Waals surface area contributed by atoms with Crippen molar-refractivity contribution in [2.24, 2.45) is 5.92 Å². The maximum Gasteiger partial charge on any atom is 0.264 e. The highest BCUT2D eigenvalue weighted by Gasteiger charge is 2.32. The van der Waals surface area contributed by atoms with Gasteiger partial charge in [0.15, 0.2) is 0 Å². The molecule has 0 aliphatic heterocycles. The Bertz CT molecular complexity index is 1400. The highest BCUT2D eigenvalue weighted by molar-refractivity contribution is 7.92. The van der Waals surface area contributed by atoms with Crippen LogP contribution in [-0.4, -0.2) is 44.3 Å². The van der Waals surface area contributed by atoms with Crippen LogP contribution in [0.25, 0.3) is 0 Å². The Hall–Kier alpha value is -3.50. The number of benzene rings is 3. The number of carbonyl (C=O) groups excluding carboxylic acids is 2. The second-order valence-corrected chi connectivity index (χ2v) is 11.7. The van der Waals surface area contributed by atoms with E-state index >= 15 is 0 Å². The van der Waals surface area contributed by atoms with Gasteiger partial charge in [0.1, 0.15) is 24.2 Å². The highest BCUT2D eigenvalue weighted by Crippen LogP contribution is 2.28. The first kappa shape index (κ1) is 30.0. The van der Waals surface area contributed by atoms with Crippen LogP contribution in [0.15, 0.2) is 77.7 Å². The normalized spacial score (nSPS) is 12.2. The third-order valence-electron chi connectivity index (χ3n) is 5.92. The van der Waals surface area contributed by atoms with E-state index in [-0.39, 0.29) is 28.1 Å². The number of carbonyl (C=O) groups is 2. The molecule has 0 unspecified atom stereocenters. The Labute approximate surface area is 232 Å². The zero-order chi connectivity index (χ0) is 28.7. The largest absolute Gasteiger partial charge is 0.354 e. The van der Waals surface area contributed by atoms with Crippen molar-refractivity contribution in [1.82, 2.24) is 10.2 Å². The van der Waals surface area contributed by atoms with Gasteiger partial charge in [0, 0.05) is 13.1 Å². The van der Waals surface area contributed by atoms with E-state index < -0.39 is 46.1 Å². The van der Waals surface area contributed by atoms with Crippen LogP contribution in [0.5, 0.6) is 0 Å². The molecule has 3 aromatic rings. The van der Waals surface area contributed by atoms with Crippen LogP contribution in [0.3, 0.4) is 0 Å². The predicted octanol–water partition coefficient (Wildman–Crippen LogP) is 5.00. The van der Waals surface area contributed by atoms with Crippen molar-refractivity contribution in [3.63, 3.8) is 0 Å².